The van der Waals surface area contributed by atoms with Crippen molar-refractivity contribution in [2.45, 2.75) is 25.4 Å². The fourth-order valence-corrected chi connectivity index (χ4v) is 4.12. The lowest BCUT2D eigenvalue weighted by molar-refractivity contribution is 0.177. The number of phenols is 4. The molecule has 1 unspecified atom stereocenters. The van der Waals surface area contributed by atoms with Crippen molar-refractivity contribution in [1.29, 1.82) is 0 Å². The van der Waals surface area contributed by atoms with Gasteiger partial charge < -0.3 is 35.0 Å². The number of aliphatic hydroxyl groups is 1. The number of ether oxygens (including phenoxy) is 2. The molecule has 0 saturated carbocycles. The third-order valence-electron chi connectivity index (χ3n) is 6.04. The van der Waals surface area contributed by atoms with E-state index >= 15 is 0 Å². The van der Waals surface area contributed by atoms with E-state index in [1.54, 1.807) is 36.4 Å². The quantitative estimate of drug-likeness (QED) is 0.215. The molecule has 1 atom stereocenters. The summed E-state index contributed by atoms with van der Waals surface area (Å²) in [5.74, 6) is -0.317. The number of aryl methyl sites for hydroxylation is 2. The molecule has 178 valence electrons. The average molecular weight is 472 g/mol. The predicted octanol–water partition coefficient (Wildman–Crippen LogP) is 5.47. The third-order valence-corrected chi connectivity index (χ3v) is 6.04. The van der Waals surface area contributed by atoms with Crippen LogP contribution in [0.2, 0.25) is 0 Å². The Morgan fingerprint density at radius 1 is 0.657 bits per heavy atom. The first-order valence-electron chi connectivity index (χ1n) is 11.2. The number of benzene rings is 4. The lowest BCUT2D eigenvalue weighted by Gasteiger charge is -2.17. The van der Waals surface area contributed by atoms with Crippen molar-refractivity contribution in [3.8, 4) is 46.0 Å². The maximum Gasteiger partial charge on any atom is 0.201 e. The van der Waals surface area contributed by atoms with Crippen LogP contribution >= 0.6 is 0 Å². The molecule has 2 aliphatic rings. The topological polar surface area (TPSA) is 120 Å². The fourth-order valence-electron chi connectivity index (χ4n) is 4.12. The Kier molecular flexibility index (Phi) is 5.84. The molecule has 0 amide bonds. The summed E-state index contributed by atoms with van der Waals surface area (Å²) in [6.07, 6.45) is 0.353. The lowest BCUT2D eigenvalue weighted by atomic mass is 10.00. The monoisotopic (exact) mass is 472 g/mol. The molecule has 0 fully saturated rings. The van der Waals surface area contributed by atoms with E-state index in [0.717, 1.165) is 16.7 Å². The van der Waals surface area contributed by atoms with Crippen LogP contribution in [0.5, 0.6) is 46.0 Å². The Morgan fingerprint density at radius 3 is 2.26 bits per heavy atom. The molecular weight excluding hydrogens is 448 g/mol. The molecule has 2 heterocycles. The van der Waals surface area contributed by atoms with Crippen LogP contribution in [0.1, 0.15) is 28.4 Å². The highest BCUT2D eigenvalue weighted by molar-refractivity contribution is 5.56. The number of rotatable bonds is 0. The van der Waals surface area contributed by atoms with Crippen LogP contribution in [0.15, 0.2) is 72.8 Å². The molecule has 35 heavy (non-hydrogen) atoms. The first-order chi connectivity index (χ1) is 16.9. The van der Waals surface area contributed by atoms with Gasteiger partial charge in [-0.1, -0.05) is 30.3 Å². The summed E-state index contributed by atoms with van der Waals surface area (Å²) in [5, 5.41) is 51.9. The van der Waals surface area contributed by atoms with Crippen LogP contribution in [0.25, 0.3) is 0 Å². The van der Waals surface area contributed by atoms with Crippen molar-refractivity contribution in [2.75, 3.05) is 0 Å². The molecule has 4 aromatic carbocycles. The second-order valence-electron chi connectivity index (χ2n) is 8.52. The summed E-state index contributed by atoms with van der Waals surface area (Å²) in [6.45, 7) is 0. The van der Waals surface area contributed by atoms with E-state index in [0.29, 0.717) is 29.9 Å². The number of hydrogen-bond donors (Lipinski definition) is 5. The first-order valence-corrected chi connectivity index (χ1v) is 11.2. The van der Waals surface area contributed by atoms with E-state index in [2.05, 4.69) is 0 Å². The van der Waals surface area contributed by atoms with Gasteiger partial charge in [0.15, 0.2) is 23.0 Å². The molecule has 0 aromatic heterocycles. The zero-order valence-electron chi connectivity index (χ0n) is 18.7. The number of hydrogen-bond acceptors (Lipinski definition) is 7. The molecule has 0 saturated heterocycles. The highest BCUT2D eigenvalue weighted by Crippen LogP contribution is 2.43. The van der Waals surface area contributed by atoms with Gasteiger partial charge in [-0.15, -0.1) is 0 Å². The summed E-state index contributed by atoms with van der Waals surface area (Å²) in [7, 11) is 0. The molecule has 5 N–H and O–H groups in total. The smallest absolute Gasteiger partial charge is 0.201 e. The average Bonchev–Trinajstić information content (AvgIpc) is 2.85. The molecule has 2 aliphatic heterocycles. The maximum atomic E-state index is 10.9. The van der Waals surface area contributed by atoms with Crippen LogP contribution in [0.4, 0.5) is 0 Å². The minimum absolute atomic E-state index is 0.0363. The standard InChI is InChI=1S/C28H24O7/c29-22-11-8-18-7-4-16-5-9-20(10-6-16)34-25-15-19(14-24(31)26(25)32)23(30)13-17-2-1-3-21(12-17)35-28(18)27(22)33/h1-3,5-6,8-12,14-15,23,29-33H,4,7,13H2. The second-order valence-corrected chi connectivity index (χ2v) is 8.52. The minimum Gasteiger partial charge on any atom is -0.504 e. The predicted molar refractivity (Wildman–Crippen MR) is 129 cm³/mol. The highest BCUT2D eigenvalue weighted by Gasteiger charge is 2.19. The summed E-state index contributed by atoms with van der Waals surface area (Å²) >= 11 is 0. The normalized spacial score (nSPS) is 15.3. The van der Waals surface area contributed by atoms with E-state index < -0.39 is 17.6 Å². The van der Waals surface area contributed by atoms with Gasteiger partial charge in [0, 0.05) is 6.42 Å². The summed E-state index contributed by atoms with van der Waals surface area (Å²) in [5.41, 5.74) is 2.83. The maximum absolute atomic E-state index is 10.9. The van der Waals surface area contributed by atoms with Crippen LogP contribution in [-0.4, -0.2) is 25.5 Å². The van der Waals surface area contributed by atoms with Gasteiger partial charge in [0.25, 0.3) is 0 Å². The van der Waals surface area contributed by atoms with Crippen LogP contribution < -0.4 is 9.47 Å². The summed E-state index contributed by atoms with van der Waals surface area (Å²) < 4.78 is 11.8. The Labute approximate surface area is 201 Å². The molecular formula is C28H24O7. The molecule has 6 bridgehead atoms. The Bertz CT molecular complexity index is 1380. The Morgan fingerprint density at radius 2 is 1.46 bits per heavy atom. The Hall–Kier alpha value is -4.36. The second kappa shape index (κ2) is 9.12. The summed E-state index contributed by atoms with van der Waals surface area (Å²) in [6, 6.07) is 20.2. The summed E-state index contributed by atoms with van der Waals surface area (Å²) in [4.78, 5) is 0. The number of fused-ring (bicyclic) bond motifs is 4. The van der Waals surface area contributed by atoms with Crippen LogP contribution in [-0.2, 0) is 19.3 Å². The van der Waals surface area contributed by atoms with E-state index in [1.165, 1.54) is 18.2 Å². The van der Waals surface area contributed by atoms with Crippen molar-refractivity contribution in [3.63, 3.8) is 0 Å². The molecule has 0 radical (unpaired) electrons. The van der Waals surface area contributed by atoms with Gasteiger partial charge in [0.1, 0.15) is 11.5 Å². The van der Waals surface area contributed by atoms with Crippen molar-refractivity contribution in [1.82, 2.24) is 0 Å². The molecule has 0 spiro atoms. The van der Waals surface area contributed by atoms with Crippen LogP contribution in [0, 0.1) is 0 Å². The number of aliphatic hydroxyl groups excluding tert-OH is 1. The van der Waals surface area contributed by atoms with E-state index in [4.69, 9.17) is 9.47 Å². The minimum atomic E-state index is -1.01. The van der Waals surface area contributed by atoms with Gasteiger partial charge in [-0.3, -0.25) is 0 Å². The zero-order chi connectivity index (χ0) is 24.5. The molecule has 7 nitrogen and oxygen atoms in total. The molecule has 6 rings (SSSR count). The van der Waals surface area contributed by atoms with Gasteiger partial charge in [-0.25, -0.2) is 0 Å². The largest absolute Gasteiger partial charge is 0.504 e. The van der Waals surface area contributed by atoms with E-state index in [1.807, 2.05) is 18.2 Å². The van der Waals surface area contributed by atoms with Crippen molar-refractivity contribution >= 4 is 0 Å². The van der Waals surface area contributed by atoms with Gasteiger partial charge in [-0.2, -0.15) is 0 Å². The lowest BCUT2D eigenvalue weighted by Crippen LogP contribution is -2.03. The molecule has 0 aliphatic carbocycles. The number of phenolic OH excluding ortho intramolecular Hbond substituents is 4. The van der Waals surface area contributed by atoms with Crippen molar-refractivity contribution in [2.24, 2.45) is 0 Å². The van der Waals surface area contributed by atoms with Crippen LogP contribution in [0.3, 0.4) is 0 Å². The first kappa shape index (κ1) is 22.4. The SMILES string of the molecule is Oc1cc2cc(c1O)Oc1ccc(cc1)CCc1ccc(O)c(O)c1Oc1cccc(c1)CC2O. The fraction of sp³-hybridized carbons (Fsp3) is 0.143. The van der Waals surface area contributed by atoms with E-state index in [-0.39, 0.29) is 29.4 Å². The van der Waals surface area contributed by atoms with Crippen molar-refractivity contribution in [3.05, 3.63) is 95.1 Å². The van der Waals surface area contributed by atoms with Gasteiger partial charge in [-0.05, 0) is 77.6 Å². The van der Waals surface area contributed by atoms with Gasteiger partial charge in [0.2, 0.25) is 11.5 Å². The van der Waals surface area contributed by atoms with Crippen molar-refractivity contribution < 1.29 is 35.0 Å². The molecule has 7 heteroatoms. The number of aromatic hydroxyl groups is 4. The third kappa shape index (κ3) is 4.67. The van der Waals surface area contributed by atoms with E-state index in [9.17, 15) is 25.5 Å². The zero-order valence-corrected chi connectivity index (χ0v) is 18.7. The highest BCUT2D eigenvalue weighted by atomic mass is 16.5. The molecule has 4 aromatic rings. The van der Waals surface area contributed by atoms with Gasteiger partial charge >= 0.3 is 0 Å². The Balaban J connectivity index is 1.59. The van der Waals surface area contributed by atoms with Gasteiger partial charge in [0.05, 0.1) is 6.10 Å².